The quantitative estimate of drug-likeness (QED) is 0.620. The highest BCUT2D eigenvalue weighted by Crippen LogP contribution is 2.26. The number of nitrogens with two attached hydrogens (primary N) is 1. The van der Waals surface area contributed by atoms with Gasteiger partial charge in [0.15, 0.2) is 11.1 Å². The van der Waals surface area contributed by atoms with Gasteiger partial charge in [0, 0.05) is 37.8 Å². The normalized spacial score (nSPS) is 20.0. The number of piperazine rings is 1. The molecule has 3 heterocycles. The molecule has 6 nitrogen and oxygen atoms in total. The number of thiazole rings is 1. The summed E-state index contributed by atoms with van der Waals surface area (Å²) in [7, 11) is 0. The Morgan fingerprint density at radius 1 is 1.11 bits per heavy atom. The standard InChI is InChI=1S/C21H30N6S/c1-17-4-6-18(7-5-17)19(25-9-2-3-10-25)16-24-20(22)26-11-13-27(14-12-26)21-23-8-15-28-21/h4-8,15,19H,2-3,9-14,16H2,1H3,(H2,22,24). The van der Waals surface area contributed by atoms with Gasteiger partial charge in [-0.25, -0.2) is 4.98 Å². The van der Waals surface area contributed by atoms with Crippen LogP contribution in [0.2, 0.25) is 0 Å². The molecule has 0 radical (unpaired) electrons. The molecule has 0 amide bonds. The lowest BCUT2D eigenvalue weighted by Gasteiger charge is -2.35. The van der Waals surface area contributed by atoms with E-state index in [1.165, 1.54) is 24.0 Å². The van der Waals surface area contributed by atoms with E-state index in [0.717, 1.165) is 50.9 Å². The maximum Gasteiger partial charge on any atom is 0.191 e. The summed E-state index contributed by atoms with van der Waals surface area (Å²) >= 11 is 1.70. The fraction of sp³-hybridized carbons (Fsp3) is 0.524. The summed E-state index contributed by atoms with van der Waals surface area (Å²) in [5.74, 6) is 0.676. The predicted molar refractivity (Wildman–Crippen MR) is 117 cm³/mol. The van der Waals surface area contributed by atoms with Crippen LogP contribution in [-0.2, 0) is 0 Å². The van der Waals surface area contributed by atoms with E-state index in [-0.39, 0.29) is 0 Å². The molecule has 0 saturated carbocycles. The van der Waals surface area contributed by atoms with Crippen molar-refractivity contribution in [2.24, 2.45) is 10.7 Å². The second-order valence-electron chi connectivity index (χ2n) is 7.66. The first-order valence-corrected chi connectivity index (χ1v) is 11.1. The Labute approximate surface area is 171 Å². The smallest absolute Gasteiger partial charge is 0.191 e. The van der Waals surface area contributed by atoms with Gasteiger partial charge in [0.05, 0.1) is 12.6 Å². The van der Waals surface area contributed by atoms with Gasteiger partial charge < -0.3 is 15.5 Å². The van der Waals surface area contributed by atoms with Crippen molar-refractivity contribution in [1.29, 1.82) is 0 Å². The van der Waals surface area contributed by atoms with Gasteiger partial charge in [0.2, 0.25) is 0 Å². The molecule has 2 N–H and O–H groups in total. The van der Waals surface area contributed by atoms with Crippen molar-refractivity contribution in [3.8, 4) is 0 Å². The molecule has 1 unspecified atom stereocenters. The van der Waals surface area contributed by atoms with E-state index in [4.69, 9.17) is 10.7 Å². The number of likely N-dealkylation sites (tertiary alicyclic amines) is 1. The van der Waals surface area contributed by atoms with Crippen molar-refractivity contribution in [1.82, 2.24) is 14.8 Å². The maximum atomic E-state index is 6.39. The summed E-state index contributed by atoms with van der Waals surface area (Å²) in [6, 6.07) is 9.21. The number of hydrogen-bond donors (Lipinski definition) is 1. The number of aromatic nitrogens is 1. The first kappa shape index (κ1) is 19.2. The Balaban J connectivity index is 1.39. The molecule has 2 aliphatic heterocycles. The molecule has 2 aromatic rings. The van der Waals surface area contributed by atoms with Crippen LogP contribution in [0.15, 0.2) is 40.8 Å². The van der Waals surface area contributed by atoms with Crippen LogP contribution in [-0.4, -0.2) is 66.6 Å². The molecule has 0 aliphatic carbocycles. The SMILES string of the molecule is Cc1ccc(C(CN=C(N)N2CCN(c3nccs3)CC2)N2CCCC2)cc1. The van der Waals surface area contributed by atoms with Crippen LogP contribution in [0.3, 0.4) is 0 Å². The highest BCUT2D eigenvalue weighted by molar-refractivity contribution is 7.13. The van der Waals surface area contributed by atoms with Gasteiger partial charge in [-0.3, -0.25) is 9.89 Å². The lowest BCUT2D eigenvalue weighted by molar-refractivity contribution is 0.251. The van der Waals surface area contributed by atoms with Crippen molar-refractivity contribution in [3.05, 3.63) is 47.0 Å². The molecule has 1 atom stereocenters. The van der Waals surface area contributed by atoms with E-state index in [9.17, 15) is 0 Å². The van der Waals surface area contributed by atoms with E-state index in [1.807, 2.05) is 11.6 Å². The molecule has 0 spiro atoms. The fourth-order valence-electron chi connectivity index (χ4n) is 4.05. The number of benzene rings is 1. The van der Waals surface area contributed by atoms with Gasteiger partial charge in [0.1, 0.15) is 0 Å². The van der Waals surface area contributed by atoms with Crippen molar-refractivity contribution < 1.29 is 0 Å². The van der Waals surface area contributed by atoms with Crippen LogP contribution in [0.4, 0.5) is 5.13 Å². The number of aryl methyl sites for hydroxylation is 1. The van der Waals surface area contributed by atoms with E-state index in [2.05, 4.69) is 50.9 Å². The average Bonchev–Trinajstić information content (AvgIpc) is 3.44. The minimum Gasteiger partial charge on any atom is -0.370 e. The van der Waals surface area contributed by atoms with Crippen LogP contribution in [0.25, 0.3) is 0 Å². The summed E-state index contributed by atoms with van der Waals surface area (Å²) in [4.78, 5) is 16.3. The summed E-state index contributed by atoms with van der Waals surface area (Å²) in [5, 5.41) is 3.13. The van der Waals surface area contributed by atoms with Gasteiger partial charge in [-0.15, -0.1) is 11.3 Å². The van der Waals surface area contributed by atoms with E-state index < -0.39 is 0 Å². The zero-order valence-electron chi connectivity index (χ0n) is 16.6. The molecule has 2 saturated heterocycles. The van der Waals surface area contributed by atoms with Crippen LogP contribution in [0, 0.1) is 6.92 Å². The summed E-state index contributed by atoms with van der Waals surface area (Å²) < 4.78 is 0. The minimum atomic E-state index is 0.318. The van der Waals surface area contributed by atoms with Gasteiger partial charge in [-0.1, -0.05) is 29.8 Å². The molecule has 150 valence electrons. The molecule has 28 heavy (non-hydrogen) atoms. The Hall–Kier alpha value is -2.12. The zero-order chi connectivity index (χ0) is 19.3. The molecule has 4 rings (SSSR count). The highest BCUT2D eigenvalue weighted by atomic mass is 32.1. The van der Waals surface area contributed by atoms with E-state index in [0.29, 0.717) is 12.0 Å². The van der Waals surface area contributed by atoms with Crippen LogP contribution in [0.1, 0.15) is 30.0 Å². The second kappa shape index (κ2) is 8.92. The van der Waals surface area contributed by atoms with Crippen molar-refractivity contribution in [3.63, 3.8) is 0 Å². The van der Waals surface area contributed by atoms with Crippen LogP contribution >= 0.6 is 11.3 Å². The number of hydrogen-bond acceptors (Lipinski definition) is 5. The highest BCUT2D eigenvalue weighted by Gasteiger charge is 2.24. The molecule has 2 fully saturated rings. The molecular weight excluding hydrogens is 368 g/mol. The maximum absolute atomic E-state index is 6.39. The molecule has 7 heteroatoms. The average molecular weight is 399 g/mol. The van der Waals surface area contributed by atoms with Crippen molar-refractivity contribution in [2.75, 3.05) is 50.7 Å². The number of rotatable bonds is 5. The molecule has 0 bridgehead atoms. The Kier molecular flexibility index (Phi) is 6.12. The van der Waals surface area contributed by atoms with Gasteiger partial charge >= 0.3 is 0 Å². The number of anilines is 1. The largest absolute Gasteiger partial charge is 0.370 e. The summed E-state index contributed by atoms with van der Waals surface area (Å²) in [5.41, 5.74) is 9.03. The Morgan fingerprint density at radius 2 is 1.82 bits per heavy atom. The topological polar surface area (TPSA) is 61.0 Å². The van der Waals surface area contributed by atoms with Crippen LogP contribution < -0.4 is 10.6 Å². The fourth-order valence-corrected chi connectivity index (χ4v) is 4.75. The molecule has 1 aromatic carbocycles. The summed E-state index contributed by atoms with van der Waals surface area (Å²) in [6.07, 6.45) is 4.42. The lowest BCUT2D eigenvalue weighted by atomic mass is 10.0. The van der Waals surface area contributed by atoms with Crippen LogP contribution in [0.5, 0.6) is 0 Å². The third-order valence-corrected chi connectivity index (χ3v) is 6.60. The Bertz CT molecular complexity index is 759. The number of aliphatic imine (C=N–C) groups is 1. The van der Waals surface area contributed by atoms with Gasteiger partial charge in [-0.05, 0) is 38.4 Å². The first-order valence-electron chi connectivity index (χ1n) is 10.2. The van der Waals surface area contributed by atoms with Gasteiger partial charge in [0.25, 0.3) is 0 Å². The molecule has 1 aromatic heterocycles. The molecule has 2 aliphatic rings. The summed E-state index contributed by atoms with van der Waals surface area (Å²) in [6.45, 7) is 8.84. The van der Waals surface area contributed by atoms with Gasteiger partial charge in [-0.2, -0.15) is 0 Å². The van der Waals surface area contributed by atoms with E-state index in [1.54, 1.807) is 11.3 Å². The number of nitrogens with zero attached hydrogens (tertiary/aromatic N) is 5. The van der Waals surface area contributed by atoms with Crippen molar-refractivity contribution >= 4 is 22.4 Å². The van der Waals surface area contributed by atoms with E-state index >= 15 is 0 Å². The zero-order valence-corrected chi connectivity index (χ0v) is 17.4. The third-order valence-electron chi connectivity index (χ3n) is 5.76. The third kappa shape index (κ3) is 4.47. The van der Waals surface area contributed by atoms with Crippen molar-refractivity contribution in [2.45, 2.75) is 25.8 Å². The Morgan fingerprint density at radius 3 is 2.46 bits per heavy atom. The molecular formula is C21H30N6S. The predicted octanol–water partition coefficient (Wildman–Crippen LogP) is 2.73. The first-order chi connectivity index (χ1) is 13.7. The number of guanidine groups is 1. The lowest BCUT2D eigenvalue weighted by Crippen LogP contribution is -2.51. The second-order valence-corrected chi connectivity index (χ2v) is 8.53. The monoisotopic (exact) mass is 398 g/mol. The minimum absolute atomic E-state index is 0.318.